The Hall–Kier alpha value is -1.66. The molecule has 2 aromatic rings. The van der Waals surface area contributed by atoms with Gasteiger partial charge in [0.1, 0.15) is 6.10 Å². The minimum absolute atomic E-state index is 0.126. The molecule has 1 aliphatic heterocycles. The van der Waals surface area contributed by atoms with Crippen LogP contribution in [0.1, 0.15) is 49.0 Å². The summed E-state index contributed by atoms with van der Waals surface area (Å²) in [6.07, 6.45) is 4.27. The molecule has 0 spiro atoms. The van der Waals surface area contributed by atoms with Gasteiger partial charge in [0.15, 0.2) is 0 Å². The standard InChI is InChI=1S/C17H27N5O/c1-12-10-15(20-21(12)3)13(2)18-11-14-6-5-9-23-17(14)16-7-8-19-22(16)4/h7-8,10,13-14,17-18H,5-6,9,11H2,1-4H3/t13?,14-,17+/m0/s1. The SMILES string of the molecule is Cc1cc(C(C)NC[C@@H]2CCCO[C@H]2c2ccnn2C)nn1C. The van der Waals surface area contributed by atoms with E-state index in [0.717, 1.165) is 31.0 Å². The predicted molar refractivity (Wildman–Crippen MR) is 89.0 cm³/mol. The van der Waals surface area contributed by atoms with E-state index in [1.807, 2.05) is 29.7 Å². The van der Waals surface area contributed by atoms with E-state index in [4.69, 9.17) is 4.74 Å². The first-order valence-corrected chi connectivity index (χ1v) is 8.39. The third-order valence-corrected chi connectivity index (χ3v) is 4.86. The van der Waals surface area contributed by atoms with Gasteiger partial charge in [0.05, 0.1) is 11.4 Å². The average molecular weight is 317 g/mol. The zero-order chi connectivity index (χ0) is 16.4. The topological polar surface area (TPSA) is 56.9 Å². The molecular formula is C17H27N5O. The summed E-state index contributed by atoms with van der Waals surface area (Å²) in [7, 11) is 3.97. The van der Waals surface area contributed by atoms with Gasteiger partial charge in [-0.05, 0) is 38.8 Å². The lowest BCUT2D eigenvalue weighted by molar-refractivity contribution is -0.0328. The molecule has 1 unspecified atom stereocenters. The van der Waals surface area contributed by atoms with E-state index >= 15 is 0 Å². The summed E-state index contributed by atoms with van der Waals surface area (Å²) < 4.78 is 9.91. The first kappa shape index (κ1) is 16.2. The number of aromatic nitrogens is 4. The first-order chi connectivity index (χ1) is 11.1. The molecule has 0 amide bonds. The molecule has 0 aromatic carbocycles. The van der Waals surface area contributed by atoms with Crippen LogP contribution in [-0.4, -0.2) is 32.7 Å². The molecular weight excluding hydrogens is 290 g/mol. The number of ether oxygens (including phenoxy) is 1. The highest BCUT2D eigenvalue weighted by molar-refractivity contribution is 5.12. The summed E-state index contributed by atoms with van der Waals surface area (Å²) in [6.45, 7) is 6.01. The summed E-state index contributed by atoms with van der Waals surface area (Å²) >= 11 is 0. The Kier molecular flexibility index (Phi) is 4.82. The number of hydrogen-bond acceptors (Lipinski definition) is 4. The number of aryl methyl sites for hydroxylation is 3. The van der Waals surface area contributed by atoms with Gasteiger partial charge in [-0.25, -0.2) is 0 Å². The second-order valence-electron chi connectivity index (χ2n) is 6.54. The summed E-state index contributed by atoms with van der Waals surface area (Å²) in [5.41, 5.74) is 3.44. The summed E-state index contributed by atoms with van der Waals surface area (Å²) in [5, 5.41) is 12.5. The third kappa shape index (κ3) is 3.48. The molecule has 0 aliphatic carbocycles. The second-order valence-corrected chi connectivity index (χ2v) is 6.54. The van der Waals surface area contributed by atoms with Gasteiger partial charge < -0.3 is 10.1 Å². The Labute approximate surface area is 137 Å². The van der Waals surface area contributed by atoms with Crippen LogP contribution in [0.5, 0.6) is 0 Å². The zero-order valence-electron chi connectivity index (χ0n) is 14.5. The van der Waals surface area contributed by atoms with Crippen LogP contribution in [0.3, 0.4) is 0 Å². The van der Waals surface area contributed by atoms with Gasteiger partial charge in [-0.15, -0.1) is 0 Å². The lowest BCUT2D eigenvalue weighted by Gasteiger charge is -2.32. The molecule has 0 bridgehead atoms. The maximum atomic E-state index is 6.06. The number of hydrogen-bond donors (Lipinski definition) is 1. The van der Waals surface area contributed by atoms with Gasteiger partial charge in [0, 0.05) is 51.1 Å². The average Bonchev–Trinajstić information content (AvgIpc) is 3.11. The molecule has 1 aliphatic rings. The van der Waals surface area contributed by atoms with Gasteiger partial charge >= 0.3 is 0 Å². The fourth-order valence-corrected chi connectivity index (χ4v) is 3.28. The molecule has 1 saturated heterocycles. The molecule has 3 rings (SSSR count). The van der Waals surface area contributed by atoms with E-state index in [1.165, 1.54) is 12.1 Å². The van der Waals surface area contributed by atoms with Crippen molar-refractivity contribution in [1.82, 2.24) is 24.9 Å². The van der Waals surface area contributed by atoms with Crippen molar-refractivity contribution in [2.24, 2.45) is 20.0 Å². The summed E-state index contributed by atoms with van der Waals surface area (Å²) in [6, 6.07) is 4.45. The Balaban J connectivity index is 1.64. The Morgan fingerprint density at radius 3 is 2.87 bits per heavy atom. The monoisotopic (exact) mass is 317 g/mol. The lowest BCUT2D eigenvalue weighted by Crippen LogP contribution is -2.34. The molecule has 3 heterocycles. The van der Waals surface area contributed by atoms with Crippen molar-refractivity contribution < 1.29 is 4.74 Å². The van der Waals surface area contributed by atoms with Crippen LogP contribution in [0.2, 0.25) is 0 Å². The van der Waals surface area contributed by atoms with Crippen molar-refractivity contribution in [2.45, 2.75) is 38.8 Å². The number of rotatable bonds is 5. The predicted octanol–water partition coefficient (Wildman–Crippen LogP) is 2.28. The minimum atomic E-state index is 0.126. The first-order valence-electron chi connectivity index (χ1n) is 8.39. The smallest absolute Gasteiger partial charge is 0.103 e. The highest BCUT2D eigenvalue weighted by atomic mass is 16.5. The maximum Gasteiger partial charge on any atom is 0.103 e. The van der Waals surface area contributed by atoms with E-state index in [1.54, 1.807) is 0 Å². The number of nitrogens with zero attached hydrogens (tertiary/aromatic N) is 4. The van der Waals surface area contributed by atoms with Gasteiger partial charge in [-0.2, -0.15) is 10.2 Å². The van der Waals surface area contributed by atoms with Crippen LogP contribution >= 0.6 is 0 Å². The van der Waals surface area contributed by atoms with Crippen molar-refractivity contribution in [3.63, 3.8) is 0 Å². The molecule has 23 heavy (non-hydrogen) atoms. The van der Waals surface area contributed by atoms with E-state index in [-0.39, 0.29) is 12.1 Å². The van der Waals surface area contributed by atoms with Crippen LogP contribution in [0.4, 0.5) is 0 Å². The maximum absolute atomic E-state index is 6.06. The minimum Gasteiger partial charge on any atom is -0.372 e. The van der Waals surface area contributed by atoms with Crippen LogP contribution in [0.15, 0.2) is 18.3 Å². The number of nitrogens with one attached hydrogen (secondary N) is 1. The summed E-state index contributed by atoms with van der Waals surface area (Å²) in [4.78, 5) is 0. The second kappa shape index (κ2) is 6.84. The van der Waals surface area contributed by atoms with Crippen LogP contribution in [0, 0.1) is 12.8 Å². The van der Waals surface area contributed by atoms with Crippen molar-refractivity contribution in [3.8, 4) is 0 Å². The zero-order valence-corrected chi connectivity index (χ0v) is 14.5. The highest BCUT2D eigenvalue weighted by Crippen LogP contribution is 2.33. The molecule has 1 N–H and O–H groups in total. The molecule has 6 nitrogen and oxygen atoms in total. The van der Waals surface area contributed by atoms with Gasteiger partial charge in [-0.1, -0.05) is 0 Å². The third-order valence-electron chi connectivity index (χ3n) is 4.86. The van der Waals surface area contributed by atoms with Crippen LogP contribution in [0.25, 0.3) is 0 Å². The van der Waals surface area contributed by atoms with Gasteiger partial charge in [0.25, 0.3) is 0 Å². The van der Waals surface area contributed by atoms with Crippen molar-refractivity contribution in [1.29, 1.82) is 0 Å². The van der Waals surface area contributed by atoms with Crippen LogP contribution in [-0.2, 0) is 18.8 Å². The molecule has 126 valence electrons. The Bertz CT molecular complexity index is 628. The molecule has 2 aromatic heterocycles. The summed E-state index contributed by atoms with van der Waals surface area (Å²) in [5.74, 6) is 0.464. The molecule has 3 atom stereocenters. The molecule has 0 saturated carbocycles. The van der Waals surface area contributed by atoms with E-state index in [9.17, 15) is 0 Å². The molecule has 1 fully saturated rings. The van der Waals surface area contributed by atoms with Crippen LogP contribution < -0.4 is 5.32 Å². The molecule has 0 radical (unpaired) electrons. The fourth-order valence-electron chi connectivity index (χ4n) is 3.28. The molecule has 6 heteroatoms. The van der Waals surface area contributed by atoms with Crippen molar-refractivity contribution in [2.75, 3.05) is 13.2 Å². The van der Waals surface area contributed by atoms with Crippen molar-refractivity contribution in [3.05, 3.63) is 35.4 Å². The Morgan fingerprint density at radius 2 is 2.22 bits per heavy atom. The van der Waals surface area contributed by atoms with E-state index in [2.05, 4.69) is 41.5 Å². The van der Waals surface area contributed by atoms with Gasteiger partial charge in [0.2, 0.25) is 0 Å². The highest BCUT2D eigenvalue weighted by Gasteiger charge is 2.29. The van der Waals surface area contributed by atoms with E-state index in [0.29, 0.717) is 5.92 Å². The largest absolute Gasteiger partial charge is 0.372 e. The van der Waals surface area contributed by atoms with E-state index < -0.39 is 0 Å². The quantitative estimate of drug-likeness (QED) is 0.919. The lowest BCUT2D eigenvalue weighted by atomic mass is 9.91. The normalized spacial score (nSPS) is 23.1. The van der Waals surface area contributed by atoms with Crippen molar-refractivity contribution >= 4 is 0 Å². The Morgan fingerprint density at radius 1 is 1.39 bits per heavy atom. The fraction of sp³-hybridized carbons (Fsp3) is 0.647. The van der Waals surface area contributed by atoms with Gasteiger partial charge in [-0.3, -0.25) is 9.36 Å².